The summed E-state index contributed by atoms with van der Waals surface area (Å²) in [6, 6.07) is 6.19. The lowest BCUT2D eigenvalue weighted by atomic mass is 10.2. The largest absolute Gasteiger partial charge is 0.377 e. The van der Waals surface area contributed by atoms with Crippen molar-refractivity contribution in [2.75, 3.05) is 5.32 Å². The van der Waals surface area contributed by atoms with Gasteiger partial charge in [-0.25, -0.2) is 13.2 Å². The Morgan fingerprint density at radius 2 is 1.79 bits per heavy atom. The molecule has 0 spiro atoms. The molecule has 6 heteroatoms. The Labute approximate surface area is 121 Å². The maximum atomic E-state index is 13.5. The number of nitrogens with one attached hydrogen (secondary N) is 1. The highest BCUT2D eigenvalue weighted by atomic mass is 79.9. The third kappa shape index (κ3) is 3.42. The van der Waals surface area contributed by atoms with E-state index < -0.39 is 11.6 Å². The van der Waals surface area contributed by atoms with E-state index in [1.807, 2.05) is 0 Å². The number of benzene rings is 2. The lowest BCUT2D eigenvalue weighted by Crippen LogP contribution is -2.03. The summed E-state index contributed by atoms with van der Waals surface area (Å²) in [7, 11) is 0. The van der Waals surface area contributed by atoms with E-state index in [2.05, 4.69) is 21.2 Å². The summed E-state index contributed by atoms with van der Waals surface area (Å²) in [5.74, 6) is -1.89. The second-order valence-corrected chi connectivity index (χ2v) is 5.11. The average molecular weight is 351 g/mol. The van der Waals surface area contributed by atoms with E-state index in [9.17, 15) is 13.2 Å². The van der Waals surface area contributed by atoms with Crippen molar-refractivity contribution < 1.29 is 13.2 Å². The molecule has 0 saturated heterocycles. The summed E-state index contributed by atoms with van der Waals surface area (Å²) in [6.07, 6.45) is 0. The van der Waals surface area contributed by atoms with Crippen molar-refractivity contribution >= 4 is 33.2 Å². The normalized spacial score (nSPS) is 10.6. The molecule has 0 aliphatic heterocycles. The maximum Gasteiger partial charge on any atom is 0.150 e. The van der Waals surface area contributed by atoms with Crippen molar-refractivity contribution in [3.63, 3.8) is 0 Å². The van der Waals surface area contributed by atoms with Gasteiger partial charge in [-0.2, -0.15) is 0 Å². The van der Waals surface area contributed by atoms with Crippen LogP contribution in [0.15, 0.2) is 34.8 Å². The Balaban J connectivity index is 2.16. The first-order valence-corrected chi connectivity index (χ1v) is 6.47. The van der Waals surface area contributed by atoms with Crippen LogP contribution in [0, 0.1) is 17.5 Å². The standard InChI is InChI=1S/C13H8BrClF3N/c14-9-3-7(1-2-11(9)17)6-19-13-10(15)4-8(16)5-12(13)18/h1-5,19H,6H2. The molecule has 100 valence electrons. The lowest BCUT2D eigenvalue weighted by molar-refractivity contribution is 0.585. The molecule has 1 N–H and O–H groups in total. The SMILES string of the molecule is Fc1cc(F)c(NCc2ccc(F)c(Br)c2)c(Cl)c1. The zero-order valence-electron chi connectivity index (χ0n) is 9.48. The predicted molar refractivity (Wildman–Crippen MR) is 72.8 cm³/mol. The van der Waals surface area contributed by atoms with Crippen LogP contribution < -0.4 is 5.32 Å². The highest BCUT2D eigenvalue weighted by Crippen LogP contribution is 2.27. The summed E-state index contributed by atoms with van der Waals surface area (Å²) in [6.45, 7) is 0.237. The lowest BCUT2D eigenvalue weighted by Gasteiger charge is -2.10. The fourth-order valence-corrected chi connectivity index (χ4v) is 2.24. The quantitative estimate of drug-likeness (QED) is 0.809. The fraction of sp³-hybridized carbons (Fsp3) is 0.0769. The first kappa shape index (κ1) is 14.2. The van der Waals surface area contributed by atoms with Crippen molar-refractivity contribution in [3.05, 3.63) is 62.8 Å². The fourth-order valence-electron chi connectivity index (χ4n) is 1.55. The Kier molecular flexibility index (Phi) is 4.37. The molecule has 0 saturated carbocycles. The van der Waals surface area contributed by atoms with Gasteiger partial charge < -0.3 is 5.32 Å². The van der Waals surface area contributed by atoms with E-state index in [1.165, 1.54) is 6.07 Å². The minimum absolute atomic E-state index is 0.0171. The zero-order chi connectivity index (χ0) is 14.0. The van der Waals surface area contributed by atoms with Crippen molar-refractivity contribution in [2.45, 2.75) is 6.54 Å². The molecular weight excluding hydrogens is 343 g/mol. The van der Waals surface area contributed by atoms with Crippen LogP contribution in [-0.4, -0.2) is 0 Å². The molecule has 1 nitrogen and oxygen atoms in total. The third-order valence-corrected chi connectivity index (χ3v) is 3.37. The molecule has 2 aromatic rings. The van der Waals surface area contributed by atoms with Gasteiger partial charge in [-0.05, 0) is 39.7 Å². The van der Waals surface area contributed by atoms with Gasteiger partial charge in [-0.1, -0.05) is 17.7 Å². The van der Waals surface area contributed by atoms with E-state index in [-0.39, 0.29) is 23.1 Å². The summed E-state index contributed by atoms with van der Waals surface area (Å²) in [5.41, 5.74) is 0.747. The molecule has 2 aromatic carbocycles. The Morgan fingerprint density at radius 1 is 1.05 bits per heavy atom. The van der Waals surface area contributed by atoms with E-state index in [1.54, 1.807) is 12.1 Å². The minimum Gasteiger partial charge on any atom is -0.377 e. The summed E-state index contributed by atoms with van der Waals surface area (Å²) in [5, 5.41) is 2.71. The van der Waals surface area contributed by atoms with E-state index >= 15 is 0 Å². The van der Waals surface area contributed by atoms with Gasteiger partial charge in [0.2, 0.25) is 0 Å². The van der Waals surface area contributed by atoms with Crippen LogP contribution in [0.5, 0.6) is 0 Å². The number of rotatable bonds is 3. The first-order valence-electron chi connectivity index (χ1n) is 5.29. The van der Waals surface area contributed by atoms with Gasteiger partial charge >= 0.3 is 0 Å². The van der Waals surface area contributed by atoms with Crippen LogP contribution in [0.25, 0.3) is 0 Å². The van der Waals surface area contributed by atoms with E-state index in [0.29, 0.717) is 4.47 Å². The van der Waals surface area contributed by atoms with Gasteiger partial charge in [-0.3, -0.25) is 0 Å². The average Bonchev–Trinajstić information content (AvgIpc) is 2.32. The van der Waals surface area contributed by atoms with Crippen LogP contribution in [0.1, 0.15) is 5.56 Å². The molecule has 0 aliphatic rings. The van der Waals surface area contributed by atoms with Crippen LogP contribution in [-0.2, 0) is 6.54 Å². The third-order valence-electron chi connectivity index (χ3n) is 2.46. The molecule has 0 bridgehead atoms. The van der Waals surface area contributed by atoms with Gasteiger partial charge in [-0.15, -0.1) is 0 Å². The van der Waals surface area contributed by atoms with Crippen molar-refractivity contribution in [3.8, 4) is 0 Å². The van der Waals surface area contributed by atoms with E-state index in [4.69, 9.17) is 11.6 Å². The Hall–Kier alpha value is -1.20. The van der Waals surface area contributed by atoms with Crippen molar-refractivity contribution in [1.82, 2.24) is 0 Å². The Bertz CT molecular complexity index is 596. The second-order valence-electron chi connectivity index (χ2n) is 3.85. The van der Waals surface area contributed by atoms with Gasteiger partial charge in [0, 0.05) is 12.6 Å². The van der Waals surface area contributed by atoms with Crippen LogP contribution in [0.4, 0.5) is 18.9 Å². The highest BCUT2D eigenvalue weighted by molar-refractivity contribution is 9.10. The van der Waals surface area contributed by atoms with Crippen molar-refractivity contribution in [2.24, 2.45) is 0 Å². The molecule has 0 atom stereocenters. The maximum absolute atomic E-state index is 13.5. The van der Waals surface area contributed by atoms with Crippen LogP contribution in [0.3, 0.4) is 0 Å². The smallest absolute Gasteiger partial charge is 0.150 e. The van der Waals surface area contributed by atoms with Gasteiger partial charge in [0.15, 0.2) is 5.82 Å². The predicted octanol–water partition coefficient (Wildman–Crippen LogP) is 5.13. The monoisotopic (exact) mass is 349 g/mol. The van der Waals surface area contributed by atoms with Crippen LogP contribution in [0.2, 0.25) is 5.02 Å². The van der Waals surface area contributed by atoms with Gasteiger partial charge in [0.05, 0.1) is 15.2 Å². The molecule has 0 aliphatic carbocycles. The summed E-state index contributed by atoms with van der Waals surface area (Å²) < 4.78 is 39.7. The summed E-state index contributed by atoms with van der Waals surface area (Å²) in [4.78, 5) is 0. The molecule has 0 amide bonds. The molecule has 0 aromatic heterocycles. The number of hydrogen-bond acceptors (Lipinski definition) is 1. The highest BCUT2D eigenvalue weighted by Gasteiger charge is 2.10. The second kappa shape index (κ2) is 5.84. The van der Waals surface area contributed by atoms with E-state index in [0.717, 1.165) is 17.7 Å². The molecular formula is C13H8BrClF3N. The van der Waals surface area contributed by atoms with Gasteiger partial charge in [0.25, 0.3) is 0 Å². The molecule has 0 heterocycles. The molecule has 0 unspecified atom stereocenters. The molecule has 19 heavy (non-hydrogen) atoms. The van der Waals surface area contributed by atoms with Crippen LogP contribution >= 0.6 is 27.5 Å². The molecule has 2 rings (SSSR count). The zero-order valence-corrected chi connectivity index (χ0v) is 11.8. The van der Waals surface area contributed by atoms with Crippen molar-refractivity contribution in [1.29, 1.82) is 0 Å². The minimum atomic E-state index is -0.772. The number of halogens is 5. The van der Waals surface area contributed by atoms with Gasteiger partial charge in [0.1, 0.15) is 11.6 Å². The number of hydrogen-bond donors (Lipinski definition) is 1. The summed E-state index contributed by atoms with van der Waals surface area (Å²) >= 11 is 8.80. The number of anilines is 1. The first-order chi connectivity index (χ1) is 8.97. The Morgan fingerprint density at radius 3 is 2.42 bits per heavy atom. The molecule has 0 fully saturated rings. The molecule has 0 radical (unpaired) electrons. The topological polar surface area (TPSA) is 12.0 Å².